The molecule has 15 heavy (non-hydrogen) atoms. The van der Waals surface area contributed by atoms with Crippen LogP contribution in [-0.2, 0) is 0 Å². The number of aromatic amines is 1. The smallest absolute Gasteiger partial charge is 0.0927 e. The van der Waals surface area contributed by atoms with Crippen molar-refractivity contribution in [3.05, 3.63) is 36.0 Å². The van der Waals surface area contributed by atoms with Crippen LogP contribution in [0.2, 0.25) is 0 Å². The maximum atomic E-state index is 4.23. The van der Waals surface area contributed by atoms with Crippen LogP contribution >= 0.6 is 0 Å². The molecule has 0 atom stereocenters. The summed E-state index contributed by atoms with van der Waals surface area (Å²) in [7, 11) is 1.96. The molecule has 3 heteroatoms. The Labute approximate surface area is 89.2 Å². The first-order chi connectivity index (χ1) is 7.42. The molecular weight excluding hydrogens is 186 g/mol. The molecule has 2 aromatic rings. The summed E-state index contributed by atoms with van der Waals surface area (Å²) in [6.45, 7) is 1.00. The standard InChI is InChI=1S/C12H15N3/c1-13-9-5-4-8-12-10-6-2-3-7-11(10)14-15-12/h2-4,6-8,13H,5,9H2,1H3,(H,14,15). The Morgan fingerprint density at radius 2 is 2.27 bits per heavy atom. The average molecular weight is 201 g/mol. The predicted molar refractivity (Wildman–Crippen MR) is 63.7 cm³/mol. The van der Waals surface area contributed by atoms with Gasteiger partial charge in [-0.1, -0.05) is 24.3 Å². The molecular formula is C12H15N3. The molecule has 1 aromatic carbocycles. The summed E-state index contributed by atoms with van der Waals surface area (Å²) in [6.07, 6.45) is 5.27. The van der Waals surface area contributed by atoms with Crippen LogP contribution < -0.4 is 5.32 Å². The van der Waals surface area contributed by atoms with Crippen LogP contribution in [0.25, 0.3) is 17.0 Å². The molecule has 0 unspecified atom stereocenters. The van der Waals surface area contributed by atoms with Gasteiger partial charge in [0.25, 0.3) is 0 Å². The number of nitrogens with zero attached hydrogens (tertiary/aromatic N) is 1. The van der Waals surface area contributed by atoms with E-state index in [0.717, 1.165) is 24.2 Å². The Bertz CT molecular complexity index is 457. The van der Waals surface area contributed by atoms with E-state index in [1.54, 1.807) is 0 Å². The molecule has 1 aromatic heterocycles. The van der Waals surface area contributed by atoms with Crippen LogP contribution in [0.4, 0.5) is 0 Å². The average Bonchev–Trinajstić information content (AvgIpc) is 2.68. The molecule has 0 spiro atoms. The fourth-order valence-corrected chi connectivity index (χ4v) is 1.54. The van der Waals surface area contributed by atoms with E-state index in [1.807, 2.05) is 25.2 Å². The van der Waals surface area contributed by atoms with Gasteiger partial charge in [0.05, 0.1) is 11.2 Å². The van der Waals surface area contributed by atoms with Gasteiger partial charge >= 0.3 is 0 Å². The minimum atomic E-state index is 1.00. The Morgan fingerprint density at radius 1 is 1.40 bits per heavy atom. The zero-order chi connectivity index (χ0) is 10.5. The van der Waals surface area contributed by atoms with Gasteiger partial charge in [-0.2, -0.15) is 5.10 Å². The molecule has 0 bridgehead atoms. The minimum absolute atomic E-state index is 1.00. The van der Waals surface area contributed by atoms with Gasteiger partial charge in [-0.3, -0.25) is 5.10 Å². The van der Waals surface area contributed by atoms with Crippen molar-refractivity contribution < 1.29 is 0 Å². The van der Waals surface area contributed by atoms with Crippen molar-refractivity contribution in [3.8, 4) is 0 Å². The normalized spacial score (nSPS) is 11.5. The van der Waals surface area contributed by atoms with Gasteiger partial charge in [0.1, 0.15) is 0 Å². The molecule has 0 aliphatic rings. The molecule has 0 aliphatic heterocycles. The fraction of sp³-hybridized carbons (Fsp3) is 0.250. The third-order valence-electron chi connectivity index (χ3n) is 2.34. The van der Waals surface area contributed by atoms with Crippen molar-refractivity contribution in [3.63, 3.8) is 0 Å². The maximum Gasteiger partial charge on any atom is 0.0927 e. The molecule has 2 rings (SSSR count). The fourth-order valence-electron chi connectivity index (χ4n) is 1.54. The summed E-state index contributed by atoms with van der Waals surface area (Å²) in [5.74, 6) is 0. The number of fused-ring (bicyclic) bond motifs is 1. The SMILES string of the molecule is CNCCC=Cc1[nH]nc2ccccc12. The second kappa shape index (κ2) is 4.75. The molecule has 0 amide bonds. The summed E-state index contributed by atoms with van der Waals surface area (Å²) in [4.78, 5) is 0. The van der Waals surface area contributed by atoms with Crippen molar-refractivity contribution >= 4 is 17.0 Å². The molecule has 0 fully saturated rings. The number of benzene rings is 1. The van der Waals surface area contributed by atoms with E-state index in [0.29, 0.717) is 0 Å². The van der Waals surface area contributed by atoms with Crippen LogP contribution in [0.1, 0.15) is 12.1 Å². The number of nitrogens with one attached hydrogen (secondary N) is 2. The Balaban J connectivity index is 2.17. The van der Waals surface area contributed by atoms with Crippen LogP contribution in [0.5, 0.6) is 0 Å². The van der Waals surface area contributed by atoms with E-state index in [4.69, 9.17) is 0 Å². The van der Waals surface area contributed by atoms with Crippen molar-refractivity contribution in [2.45, 2.75) is 6.42 Å². The van der Waals surface area contributed by atoms with Gasteiger partial charge in [0, 0.05) is 5.39 Å². The lowest BCUT2D eigenvalue weighted by Crippen LogP contribution is -2.05. The Morgan fingerprint density at radius 3 is 3.13 bits per heavy atom. The summed E-state index contributed by atoms with van der Waals surface area (Å²) >= 11 is 0. The lowest BCUT2D eigenvalue weighted by atomic mass is 10.2. The number of para-hydroxylation sites is 1. The van der Waals surface area contributed by atoms with Crippen molar-refractivity contribution in [2.75, 3.05) is 13.6 Å². The van der Waals surface area contributed by atoms with Crippen molar-refractivity contribution in [1.82, 2.24) is 15.5 Å². The van der Waals surface area contributed by atoms with Gasteiger partial charge in [-0.15, -0.1) is 0 Å². The summed E-state index contributed by atoms with van der Waals surface area (Å²) in [6, 6.07) is 8.12. The quantitative estimate of drug-likeness (QED) is 0.744. The van der Waals surface area contributed by atoms with Crippen molar-refractivity contribution in [2.24, 2.45) is 0 Å². The first-order valence-electron chi connectivity index (χ1n) is 5.16. The highest BCUT2D eigenvalue weighted by Gasteiger charge is 1.99. The van der Waals surface area contributed by atoms with E-state index >= 15 is 0 Å². The molecule has 78 valence electrons. The molecule has 1 heterocycles. The number of aromatic nitrogens is 2. The van der Waals surface area contributed by atoms with E-state index < -0.39 is 0 Å². The van der Waals surface area contributed by atoms with Crippen molar-refractivity contribution in [1.29, 1.82) is 0 Å². The van der Waals surface area contributed by atoms with E-state index in [1.165, 1.54) is 5.39 Å². The minimum Gasteiger partial charge on any atom is -0.319 e. The molecule has 0 radical (unpaired) electrons. The third kappa shape index (κ3) is 2.25. The van der Waals surface area contributed by atoms with Crippen LogP contribution in [0, 0.1) is 0 Å². The van der Waals surface area contributed by atoms with Crippen LogP contribution in [0.15, 0.2) is 30.3 Å². The summed E-state index contributed by atoms with van der Waals surface area (Å²) < 4.78 is 0. The predicted octanol–water partition coefficient (Wildman–Crippen LogP) is 2.19. The largest absolute Gasteiger partial charge is 0.319 e. The van der Waals surface area contributed by atoms with Crippen LogP contribution in [-0.4, -0.2) is 23.8 Å². The zero-order valence-corrected chi connectivity index (χ0v) is 8.83. The summed E-state index contributed by atoms with van der Waals surface area (Å²) in [5.41, 5.74) is 2.10. The van der Waals surface area contributed by atoms with E-state index in [-0.39, 0.29) is 0 Å². The number of hydrogen-bond donors (Lipinski definition) is 2. The highest BCUT2D eigenvalue weighted by molar-refractivity contribution is 5.86. The Hall–Kier alpha value is -1.61. The Kier molecular flexibility index (Phi) is 3.15. The second-order valence-electron chi connectivity index (χ2n) is 3.45. The highest BCUT2D eigenvalue weighted by atomic mass is 15.1. The highest BCUT2D eigenvalue weighted by Crippen LogP contribution is 2.16. The van der Waals surface area contributed by atoms with Gasteiger partial charge in [0.2, 0.25) is 0 Å². The number of hydrogen-bond acceptors (Lipinski definition) is 2. The van der Waals surface area contributed by atoms with Gasteiger partial charge in [-0.05, 0) is 32.2 Å². The van der Waals surface area contributed by atoms with E-state index in [2.05, 4.69) is 33.7 Å². The maximum absolute atomic E-state index is 4.23. The van der Waals surface area contributed by atoms with E-state index in [9.17, 15) is 0 Å². The topological polar surface area (TPSA) is 40.7 Å². The zero-order valence-electron chi connectivity index (χ0n) is 8.83. The number of H-pyrrole nitrogens is 1. The second-order valence-corrected chi connectivity index (χ2v) is 3.45. The molecule has 3 nitrogen and oxygen atoms in total. The lowest BCUT2D eigenvalue weighted by molar-refractivity contribution is 0.809. The van der Waals surface area contributed by atoms with Gasteiger partial charge in [-0.25, -0.2) is 0 Å². The molecule has 0 aliphatic carbocycles. The molecule has 0 saturated carbocycles. The monoisotopic (exact) mass is 201 g/mol. The molecule has 0 saturated heterocycles. The van der Waals surface area contributed by atoms with Gasteiger partial charge < -0.3 is 5.32 Å². The van der Waals surface area contributed by atoms with Crippen LogP contribution in [0.3, 0.4) is 0 Å². The molecule has 2 N–H and O–H groups in total. The lowest BCUT2D eigenvalue weighted by Gasteiger charge is -1.91. The summed E-state index contributed by atoms with van der Waals surface area (Å²) in [5, 5.41) is 11.5. The first-order valence-corrected chi connectivity index (χ1v) is 5.16. The third-order valence-corrected chi connectivity index (χ3v) is 2.34. The van der Waals surface area contributed by atoms with Gasteiger partial charge in [0.15, 0.2) is 0 Å². The number of rotatable bonds is 4. The first kappa shape index (κ1) is 9.93.